The summed E-state index contributed by atoms with van der Waals surface area (Å²) in [6.45, 7) is 1.66. The smallest absolute Gasteiger partial charge is 0.243 e. The summed E-state index contributed by atoms with van der Waals surface area (Å²) in [5.74, 6) is -0.0164. The summed E-state index contributed by atoms with van der Waals surface area (Å²) in [7, 11) is -1.84. The number of sulfonamides is 1. The van der Waals surface area contributed by atoms with Gasteiger partial charge in [0.15, 0.2) is 0 Å². The molecule has 1 aromatic carbocycles. The van der Waals surface area contributed by atoms with Gasteiger partial charge in [-0.3, -0.25) is 4.79 Å². The lowest BCUT2D eigenvalue weighted by Crippen LogP contribution is -2.52. The number of rotatable bonds is 4. The van der Waals surface area contributed by atoms with Crippen LogP contribution >= 0.6 is 11.6 Å². The molecule has 0 unspecified atom stereocenters. The highest BCUT2D eigenvalue weighted by Gasteiger charge is 2.29. The van der Waals surface area contributed by atoms with Crippen molar-refractivity contribution >= 4 is 27.5 Å². The molecule has 1 amide bonds. The van der Waals surface area contributed by atoms with E-state index in [1.165, 1.54) is 16.4 Å². The maximum Gasteiger partial charge on any atom is 0.243 e. The van der Waals surface area contributed by atoms with Gasteiger partial charge < -0.3 is 10.2 Å². The summed E-state index contributed by atoms with van der Waals surface area (Å²) in [6.07, 6.45) is 0. The Morgan fingerprint density at radius 2 is 1.95 bits per heavy atom. The average Bonchev–Trinajstić information content (AvgIpc) is 2.47. The van der Waals surface area contributed by atoms with Crippen molar-refractivity contribution in [3.8, 4) is 0 Å². The van der Waals surface area contributed by atoms with Crippen molar-refractivity contribution < 1.29 is 13.2 Å². The molecular formula is C13H18ClN3O3S. The molecule has 6 nitrogen and oxygen atoms in total. The molecule has 1 aliphatic heterocycles. The van der Waals surface area contributed by atoms with Crippen LogP contribution in [0, 0.1) is 0 Å². The standard InChI is InChI=1S/C13H18ClN3O3S/c1-15-10-13(18)16-5-7-17(8-6-16)21(19,20)12-4-2-3-11(14)9-12/h2-4,9,15H,5-8,10H2,1H3. The number of halogens is 1. The predicted octanol–water partition coefficient (Wildman–Crippen LogP) is 0.392. The number of carbonyl (C=O) groups is 1. The number of hydrogen-bond donors (Lipinski definition) is 1. The van der Waals surface area contributed by atoms with Crippen molar-refractivity contribution in [2.45, 2.75) is 4.90 Å². The van der Waals surface area contributed by atoms with E-state index in [4.69, 9.17) is 11.6 Å². The van der Waals surface area contributed by atoms with Crippen molar-refractivity contribution in [2.24, 2.45) is 0 Å². The van der Waals surface area contributed by atoms with Gasteiger partial charge in [-0.1, -0.05) is 17.7 Å². The second kappa shape index (κ2) is 6.74. The van der Waals surface area contributed by atoms with Crippen molar-refractivity contribution in [1.82, 2.24) is 14.5 Å². The lowest BCUT2D eigenvalue weighted by atomic mass is 10.3. The first-order valence-electron chi connectivity index (χ1n) is 6.63. The van der Waals surface area contributed by atoms with Crippen molar-refractivity contribution in [1.29, 1.82) is 0 Å². The number of nitrogens with zero attached hydrogens (tertiary/aromatic N) is 2. The Morgan fingerprint density at radius 3 is 2.52 bits per heavy atom. The third-order valence-corrected chi connectivity index (χ3v) is 5.48. The van der Waals surface area contributed by atoms with Gasteiger partial charge in [-0.25, -0.2) is 8.42 Å². The average molecular weight is 332 g/mol. The maximum absolute atomic E-state index is 12.5. The quantitative estimate of drug-likeness (QED) is 0.866. The predicted molar refractivity (Wildman–Crippen MR) is 80.7 cm³/mol. The zero-order valence-electron chi connectivity index (χ0n) is 11.8. The second-order valence-electron chi connectivity index (χ2n) is 4.77. The van der Waals surface area contributed by atoms with Gasteiger partial charge in [0.1, 0.15) is 0 Å². The number of nitrogens with one attached hydrogen (secondary N) is 1. The molecule has 116 valence electrons. The van der Waals surface area contributed by atoms with Gasteiger partial charge in [-0.15, -0.1) is 0 Å². The van der Waals surface area contributed by atoms with Crippen LogP contribution in [0.3, 0.4) is 0 Å². The van der Waals surface area contributed by atoms with Crippen molar-refractivity contribution in [3.05, 3.63) is 29.3 Å². The summed E-state index contributed by atoms with van der Waals surface area (Å²) < 4.78 is 26.4. The number of likely N-dealkylation sites (N-methyl/N-ethyl adjacent to an activating group) is 1. The van der Waals surface area contributed by atoms with E-state index in [1.807, 2.05) is 0 Å². The third kappa shape index (κ3) is 3.74. The molecule has 1 heterocycles. The fourth-order valence-electron chi connectivity index (χ4n) is 2.22. The van der Waals surface area contributed by atoms with Crippen LogP contribution in [0.4, 0.5) is 0 Å². The molecule has 0 aromatic heterocycles. The summed E-state index contributed by atoms with van der Waals surface area (Å²) >= 11 is 5.85. The lowest BCUT2D eigenvalue weighted by molar-refractivity contribution is -0.131. The highest BCUT2D eigenvalue weighted by atomic mass is 35.5. The number of carbonyl (C=O) groups excluding carboxylic acids is 1. The molecule has 0 atom stereocenters. The molecule has 8 heteroatoms. The number of hydrogen-bond acceptors (Lipinski definition) is 4. The van der Waals surface area contributed by atoms with E-state index in [0.29, 0.717) is 31.2 Å². The highest BCUT2D eigenvalue weighted by Crippen LogP contribution is 2.20. The molecule has 1 aliphatic rings. The fourth-order valence-corrected chi connectivity index (χ4v) is 3.94. The first-order valence-corrected chi connectivity index (χ1v) is 8.45. The van der Waals surface area contributed by atoms with Crippen LogP contribution in [0.15, 0.2) is 29.2 Å². The SMILES string of the molecule is CNCC(=O)N1CCN(S(=O)(=O)c2cccc(Cl)c2)CC1. The van der Waals surface area contributed by atoms with E-state index in [2.05, 4.69) is 5.32 Å². The van der Waals surface area contributed by atoms with Gasteiger partial charge >= 0.3 is 0 Å². The Morgan fingerprint density at radius 1 is 1.29 bits per heavy atom. The minimum Gasteiger partial charge on any atom is -0.339 e. The molecule has 1 saturated heterocycles. The highest BCUT2D eigenvalue weighted by molar-refractivity contribution is 7.89. The Kier molecular flexibility index (Phi) is 5.21. The van der Waals surface area contributed by atoms with Gasteiger partial charge in [-0.05, 0) is 25.2 Å². The topological polar surface area (TPSA) is 69.7 Å². The van der Waals surface area contributed by atoms with Crippen LogP contribution in [-0.2, 0) is 14.8 Å². The van der Waals surface area contributed by atoms with E-state index < -0.39 is 10.0 Å². The monoisotopic (exact) mass is 331 g/mol. The molecule has 0 radical (unpaired) electrons. The molecule has 1 fully saturated rings. The van der Waals surface area contributed by atoms with Crippen LogP contribution in [0.5, 0.6) is 0 Å². The van der Waals surface area contributed by atoms with Gasteiger partial charge in [0.05, 0.1) is 11.4 Å². The molecule has 0 aliphatic carbocycles. The first-order chi connectivity index (χ1) is 9.95. The van der Waals surface area contributed by atoms with Crippen LogP contribution in [0.25, 0.3) is 0 Å². The van der Waals surface area contributed by atoms with Crippen molar-refractivity contribution in [2.75, 3.05) is 39.8 Å². The zero-order valence-corrected chi connectivity index (χ0v) is 13.3. The van der Waals surface area contributed by atoms with Crippen molar-refractivity contribution in [3.63, 3.8) is 0 Å². The summed E-state index contributed by atoms with van der Waals surface area (Å²) in [5, 5.41) is 3.19. The van der Waals surface area contributed by atoms with E-state index in [9.17, 15) is 13.2 Å². The fraction of sp³-hybridized carbons (Fsp3) is 0.462. The molecule has 1 aromatic rings. The normalized spacial score (nSPS) is 17.0. The molecule has 21 heavy (non-hydrogen) atoms. The van der Waals surface area contributed by atoms with Crippen LogP contribution in [0.1, 0.15) is 0 Å². The Hall–Kier alpha value is -1.15. The van der Waals surface area contributed by atoms with Gasteiger partial charge in [0.2, 0.25) is 15.9 Å². The maximum atomic E-state index is 12.5. The van der Waals surface area contributed by atoms with E-state index in [0.717, 1.165) is 0 Å². The number of amides is 1. The zero-order chi connectivity index (χ0) is 15.5. The lowest BCUT2D eigenvalue weighted by Gasteiger charge is -2.34. The molecule has 0 bridgehead atoms. The van der Waals surface area contributed by atoms with Gasteiger partial charge in [-0.2, -0.15) is 4.31 Å². The molecule has 0 saturated carbocycles. The van der Waals surface area contributed by atoms with E-state index in [1.54, 1.807) is 24.1 Å². The van der Waals surface area contributed by atoms with Crippen LogP contribution in [0.2, 0.25) is 5.02 Å². The molecule has 1 N–H and O–H groups in total. The minimum absolute atomic E-state index is 0.0164. The Bertz CT molecular complexity index is 613. The Labute approximate surface area is 129 Å². The molecule has 0 spiro atoms. The van der Waals surface area contributed by atoms with Gasteiger partial charge in [0, 0.05) is 31.2 Å². The Balaban J connectivity index is 2.06. The second-order valence-corrected chi connectivity index (χ2v) is 7.15. The van der Waals surface area contributed by atoms with E-state index >= 15 is 0 Å². The summed E-state index contributed by atoms with van der Waals surface area (Å²) in [4.78, 5) is 13.6. The molecular weight excluding hydrogens is 314 g/mol. The van der Waals surface area contributed by atoms with Crippen LogP contribution in [-0.4, -0.2) is 63.3 Å². The first kappa shape index (κ1) is 16.2. The molecule has 2 rings (SSSR count). The minimum atomic E-state index is -3.55. The largest absolute Gasteiger partial charge is 0.339 e. The number of benzene rings is 1. The van der Waals surface area contributed by atoms with Crippen LogP contribution < -0.4 is 5.32 Å². The van der Waals surface area contributed by atoms with E-state index in [-0.39, 0.29) is 17.3 Å². The summed E-state index contributed by atoms with van der Waals surface area (Å²) in [6, 6.07) is 6.21. The van der Waals surface area contributed by atoms with Gasteiger partial charge in [0.25, 0.3) is 0 Å². The summed E-state index contributed by atoms with van der Waals surface area (Å²) in [5.41, 5.74) is 0. The third-order valence-electron chi connectivity index (χ3n) is 3.35. The number of piperazine rings is 1.